The van der Waals surface area contributed by atoms with Gasteiger partial charge in [-0.15, -0.1) is 0 Å². The average molecular weight is 245 g/mol. The molecule has 2 aromatic rings. The first-order valence-electron chi connectivity index (χ1n) is 5.32. The first kappa shape index (κ1) is 12.0. The number of carbonyl (C=O) groups excluding carboxylic acids is 1. The van der Waals surface area contributed by atoms with E-state index < -0.39 is 11.2 Å². The highest BCUT2D eigenvalue weighted by molar-refractivity contribution is 5.93. The summed E-state index contributed by atoms with van der Waals surface area (Å²) in [5.74, 6) is -0.375. The van der Waals surface area contributed by atoms with E-state index in [2.05, 4.69) is 9.97 Å². The minimum Gasteiger partial charge on any atom is -0.313 e. The summed E-state index contributed by atoms with van der Waals surface area (Å²) < 4.78 is 0.992. The topological polar surface area (TPSA) is 84.8 Å². The standard InChI is InChI=1S/C12H11N3O3/c1-8(16)10-6-14-12(18)15(11(10)17)7-9-2-4-13-5-3-9/h2-6H,7H2,1H3,(H,14,18). The number of aromatic amines is 1. The van der Waals surface area contributed by atoms with Gasteiger partial charge in [-0.05, 0) is 24.6 Å². The third-order valence-corrected chi connectivity index (χ3v) is 2.53. The first-order chi connectivity index (χ1) is 8.59. The van der Waals surface area contributed by atoms with Crippen LogP contribution in [0.5, 0.6) is 0 Å². The van der Waals surface area contributed by atoms with Crippen LogP contribution in [0.4, 0.5) is 0 Å². The fourth-order valence-electron chi connectivity index (χ4n) is 1.58. The van der Waals surface area contributed by atoms with Gasteiger partial charge < -0.3 is 4.98 Å². The fourth-order valence-corrected chi connectivity index (χ4v) is 1.58. The molecule has 6 nitrogen and oxygen atoms in total. The summed E-state index contributed by atoms with van der Waals surface area (Å²) in [7, 11) is 0. The average Bonchev–Trinajstić information content (AvgIpc) is 2.35. The second-order valence-electron chi connectivity index (χ2n) is 3.81. The molecule has 0 radical (unpaired) electrons. The van der Waals surface area contributed by atoms with Gasteiger partial charge in [0.25, 0.3) is 5.56 Å². The largest absolute Gasteiger partial charge is 0.328 e. The van der Waals surface area contributed by atoms with Crippen LogP contribution >= 0.6 is 0 Å². The van der Waals surface area contributed by atoms with Crippen molar-refractivity contribution >= 4 is 5.78 Å². The van der Waals surface area contributed by atoms with E-state index in [-0.39, 0.29) is 17.9 Å². The summed E-state index contributed by atoms with van der Waals surface area (Å²) >= 11 is 0. The number of aromatic nitrogens is 3. The van der Waals surface area contributed by atoms with Gasteiger partial charge in [-0.25, -0.2) is 4.79 Å². The molecule has 0 aliphatic rings. The molecule has 0 bridgehead atoms. The molecule has 92 valence electrons. The number of nitrogens with one attached hydrogen (secondary N) is 1. The number of carbonyl (C=O) groups is 1. The summed E-state index contributed by atoms with van der Waals surface area (Å²) in [6.45, 7) is 1.39. The van der Waals surface area contributed by atoms with Gasteiger partial charge in [0.2, 0.25) is 0 Å². The SMILES string of the molecule is CC(=O)c1c[nH]c(=O)n(Cc2ccncc2)c1=O. The molecule has 2 rings (SSSR count). The van der Waals surface area contributed by atoms with Crippen LogP contribution in [0.25, 0.3) is 0 Å². The molecule has 0 amide bonds. The second-order valence-corrected chi connectivity index (χ2v) is 3.81. The van der Waals surface area contributed by atoms with Gasteiger partial charge in [0.1, 0.15) is 0 Å². The van der Waals surface area contributed by atoms with Crippen molar-refractivity contribution in [1.82, 2.24) is 14.5 Å². The van der Waals surface area contributed by atoms with Crippen LogP contribution in [0.1, 0.15) is 22.8 Å². The third kappa shape index (κ3) is 2.27. The van der Waals surface area contributed by atoms with Crippen LogP contribution in [-0.2, 0) is 6.54 Å². The van der Waals surface area contributed by atoms with Crippen LogP contribution in [0.3, 0.4) is 0 Å². The molecule has 0 saturated carbocycles. The summed E-state index contributed by atoms with van der Waals surface area (Å²) in [6, 6.07) is 3.40. The maximum Gasteiger partial charge on any atom is 0.328 e. The van der Waals surface area contributed by atoms with Crippen molar-refractivity contribution in [2.75, 3.05) is 0 Å². The molecule has 2 heterocycles. The lowest BCUT2D eigenvalue weighted by Gasteiger charge is -2.05. The number of nitrogens with zero attached hydrogens (tertiary/aromatic N) is 2. The maximum atomic E-state index is 11.9. The van der Waals surface area contributed by atoms with Gasteiger partial charge in [0, 0.05) is 18.6 Å². The van der Waals surface area contributed by atoms with Gasteiger partial charge in [-0.2, -0.15) is 0 Å². The van der Waals surface area contributed by atoms with E-state index in [0.29, 0.717) is 0 Å². The molecule has 0 aliphatic heterocycles. The Morgan fingerprint density at radius 2 is 2.00 bits per heavy atom. The highest BCUT2D eigenvalue weighted by atomic mass is 16.2. The predicted molar refractivity (Wildman–Crippen MR) is 64.7 cm³/mol. The third-order valence-electron chi connectivity index (χ3n) is 2.53. The lowest BCUT2D eigenvalue weighted by atomic mass is 10.2. The Bertz CT molecular complexity index is 686. The fraction of sp³-hybridized carbons (Fsp3) is 0.167. The van der Waals surface area contributed by atoms with Crippen molar-refractivity contribution in [3.8, 4) is 0 Å². The van der Waals surface area contributed by atoms with Gasteiger partial charge in [0.15, 0.2) is 5.78 Å². The Kier molecular flexibility index (Phi) is 3.18. The number of pyridine rings is 1. The molecule has 1 N–H and O–H groups in total. The molecular formula is C12H11N3O3. The van der Waals surface area contributed by atoms with Crippen molar-refractivity contribution in [2.24, 2.45) is 0 Å². The Hall–Kier alpha value is -2.50. The quantitative estimate of drug-likeness (QED) is 0.782. The molecule has 2 aromatic heterocycles. The van der Waals surface area contributed by atoms with Gasteiger partial charge >= 0.3 is 5.69 Å². The molecule has 0 aliphatic carbocycles. The number of Topliss-reactive ketones (excluding diaryl/α,β-unsaturated/α-hetero) is 1. The highest BCUT2D eigenvalue weighted by Crippen LogP contribution is 1.97. The molecule has 6 heteroatoms. The Morgan fingerprint density at radius 3 is 2.61 bits per heavy atom. The first-order valence-corrected chi connectivity index (χ1v) is 5.32. The number of rotatable bonds is 3. The van der Waals surface area contributed by atoms with Crippen molar-refractivity contribution < 1.29 is 4.79 Å². The van der Waals surface area contributed by atoms with Crippen molar-refractivity contribution in [3.63, 3.8) is 0 Å². The Morgan fingerprint density at radius 1 is 1.33 bits per heavy atom. The van der Waals surface area contributed by atoms with E-state index in [1.807, 2.05) is 0 Å². The number of ketones is 1. The zero-order valence-corrected chi connectivity index (χ0v) is 9.71. The van der Waals surface area contributed by atoms with E-state index >= 15 is 0 Å². The van der Waals surface area contributed by atoms with Crippen molar-refractivity contribution in [1.29, 1.82) is 0 Å². The van der Waals surface area contributed by atoms with Crippen molar-refractivity contribution in [2.45, 2.75) is 13.5 Å². The van der Waals surface area contributed by atoms with Crippen LogP contribution < -0.4 is 11.2 Å². The molecule has 0 saturated heterocycles. The lowest BCUT2D eigenvalue weighted by molar-refractivity contribution is 0.101. The molecule has 0 fully saturated rings. The van der Waals surface area contributed by atoms with E-state index in [9.17, 15) is 14.4 Å². The van der Waals surface area contributed by atoms with Crippen LogP contribution in [0.15, 0.2) is 40.3 Å². The van der Waals surface area contributed by atoms with Gasteiger partial charge in [-0.1, -0.05) is 0 Å². The number of hydrogen-bond acceptors (Lipinski definition) is 4. The van der Waals surface area contributed by atoms with Crippen LogP contribution in [-0.4, -0.2) is 20.3 Å². The minimum absolute atomic E-state index is 0.0244. The number of hydrogen-bond donors (Lipinski definition) is 1. The Balaban J connectivity index is 2.51. The molecule has 0 atom stereocenters. The summed E-state index contributed by atoms with van der Waals surface area (Å²) in [5.41, 5.74) is -0.383. The maximum absolute atomic E-state index is 11.9. The summed E-state index contributed by atoms with van der Waals surface area (Å²) in [6.07, 6.45) is 4.29. The molecule has 0 unspecified atom stereocenters. The molecular weight excluding hydrogens is 234 g/mol. The molecule has 0 spiro atoms. The van der Waals surface area contributed by atoms with E-state index in [0.717, 1.165) is 16.3 Å². The normalized spacial score (nSPS) is 10.3. The summed E-state index contributed by atoms with van der Waals surface area (Å²) in [5, 5.41) is 0. The lowest BCUT2D eigenvalue weighted by Crippen LogP contribution is -2.37. The van der Waals surface area contributed by atoms with Crippen molar-refractivity contribution in [3.05, 3.63) is 62.7 Å². The zero-order chi connectivity index (χ0) is 13.1. The number of H-pyrrole nitrogens is 1. The second kappa shape index (κ2) is 4.79. The van der Waals surface area contributed by atoms with Gasteiger partial charge in [0.05, 0.1) is 12.1 Å². The monoisotopic (exact) mass is 245 g/mol. The molecule has 18 heavy (non-hydrogen) atoms. The van der Waals surface area contributed by atoms with Crippen LogP contribution in [0, 0.1) is 0 Å². The smallest absolute Gasteiger partial charge is 0.313 e. The van der Waals surface area contributed by atoms with E-state index in [4.69, 9.17) is 0 Å². The van der Waals surface area contributed by atoms with Crippen LogP contribution in [0.2, 0.25) is 0 Å². The highest BCUT2D eigenvalue weighted by Gasteiger charge is 2.10. The zero-order valence-electron chi connectivity index (χ0n) is 9.71. The van der Waals surface area contributed by atoms with E-state index in [1.165, 1.54) is 6.92 Å². The summed E-state index contributed by atoms with van der Waals surface area (Å²) in [4.78, 5) is 41.0. The minimum atomic E-state index is -0.580. The van der Waals surface area contributed by atoms with Gasteiger partial charge in [-0.3, -0.25) is 19.1 Å². The molecule has 0 aromatic carbocycles. The van der Waals surface area contributed by atoms with E-state index in [1.54, 1.807) is 24.5 Å². The Labute approximate surface area is 102 Å². The predicted octanol–water partition coefficient (Wildman–Crippen LogP) is 0.183.